The van der Waals surface area contributed by atoms with Gasteiger partial charge in [-0.15, -0.1) is 0 Å². The van der Waals surface area contributed by atoms with Crippen molar-refractivity contribution in [3.05, 3.63) is 16.2 Å². The van der Waals surface area contributed by atoms with Gasteiger partial charge < -0.3 is 5.32 Å². The van der Waals surface area contributed by atoms with Gasteiger partial charge in [0.15, 0.2) is 5.00 Å². The van der Waals surface area contributed by atoms with Crippen LogP contribution in [0.15, 0.2) is 10.3 Å². The molecule has 0 spiro atoms. The van der Waals surface area contributed by atoms with Crippen LogP contribution in [-0.2, 0) is 10.0 Å². The summed E-state index contributed by atoms with van der Waals surface area (Å²) in [6.07, 6.45) is 3.36. The zero-order chi connectivity index (χ0) is 15.7. The molecule has 1 aliphatic rings. The van der Waals surface area contributed by atoms with Crippen molar-refractivity contribution >= 4 is 32.0 Å². The van der Waals surface area contributed by atoms with E-state index < -0.39 is 14.9 Å². The predicted molar refractivity (Wildman–Crippen MR) is 82.3 cm³/mol. The van der Waals surface area contributed by atoms with Gasteiger partial charge in [-0.3, -0.25) is 10.1 Å². The first kappa shape index (κ1) is 16.2. The Morgan fingerprint density at radius 2 is 2.10 bits per heavy atom. The highest BCUT2D eigenvalue weighted by Crippen LogP contribution is 2.40. The van der Waals surface area contributed by atoms with Crippen LogP contribution < -0.4 is 10.0 Å². The van der Waals surface area contributed by atoms with Gasteiger partial charge in [0.1, 0.15) is 4.21 Å². The normalized spacial score (nSPS) is 17.2. The Balaban J connectivity index is 2.31. The van der Waals surface area contributed by atoms with Crippen LogP contribution in [0.1, 0.15) is 39.5 Å². The van der Waals surface area contributed by atoms with Crippen LogP contribution >= 0.6 is 11.3 Å². The van der Waals surface area contributed by atoms with Gasteiger partial charge in [-0.1, -0.05) is 18.3 Å². The number of rotatable bonds is 7. The van der Waals surface area contributed by atoms with Crippen LogP contribution in [0.25, 0.3) is 0 Å². The third kappa shape index (κ3) is 3.19. The molecular weight excluding hydrogens is 314 g/mol. The minimum absolute atomic E-state index is 0.00937. The zero-order valence-corrected chi connectivity index (χ0v) is 13.6. The van der Waals surface area contributed by atoms with E-state index in [0.717, 1.165) is 43.1 Å². The molecule has 2 rings (SSSR count). The van der Waals surface area contributed by atoms with Crippen LogP contribution in [-0.4, -0.2) is 25.4 Å². The molecule has 0 aromatic carbocycles. The molecule has 21 heavy (non-hydrogen) atoms. The molecule has 1 heterocycles. The van der Waals surface area contributed by atoms with E-state index in [9.17, 15) is 18.5 Å². The number of anilines is 1. The molecule has 1 saturated carbocycles. The van der Waals surface area contributed by atoms with E-state index in [4.69, 9.17) is 0 Å². The summed E-state index contributed by atoms with van der Waals surface area (Å²) in [6, 6.07) is 1.13. The van der Waals surface area contributed by atoms with Crippen LogP contribution in [0.4, 0.5) is 10.7 Å². The highest BCUT2D eigenvalue weighted by atomic mass is 32.2. The second-order valence-electron chi connectivity index (χ2n) is 5.16. The maximum atomic E-state index is 12.4. The predicted octanol–water partition coefficient (Wildman–Crippen LogP) is 2.70. The Morgan fingerprint density at radius 1 is 1.43 bits per heavy atom. The molecule has 0 atom stereocenters. The van der Waals surface area contributed by atoms with Crippen molar-refractivity contribution in [1.82, 2.24) is 4.72 Å². The molecular formula is C12H19N3O4S2. The van der Waals surface area contributed by atoms with Crippen LogP contribution in [0.2, 0.25) is 0 Å². The van der Waals surface area contributed by atoms with E-state index in [-0.39, 0.29) is 20.4 Å². The van der Waals surface area contributed by atoms with E-state index in [1.165, 1.54) is 0 Å². The first-order chi connectivity index (χ1) is 9.83. The van der Waals surface area contributed by atoms with Gasteiger partial charge in [-0.05, 0) is 32.6 Å². The molecule has 9 heteroatoms. The Bertz CT molecular complexity index is 629. The first-order valence-corrected chi connectivity index (χ1v) is 9.19. The van der Waals surface area contributed by atoms with Crippen LogP contribution in [0, 0.1) is 10.1 Å². The summed E-state index contributed by atoms with van der Waals surface area (Å²) in [4.78, 5) is 10.4. The fraction of sp³-hybridized carbons (Fsp3) is 0.667. The van der Waals surface area contributed by atoms with Gasteiger partial charge in [0.2, 0.25) is 0 Å². The molecule has 0 bridgehead atoms. The average Bonchev–Trinajstić information content (AvgIpc) is 2.79. The van der Waals surface area contributed by atoms with E-state index in [1.54, 1.807) is 6.92 Å². The molecule has 1 aromatic rings. The molecule has 1 aromatic heterocycles. The smallest absolute Gasteiger partial charge is 0.304 e. The monoisotopic (exact) mass is 333 g/mol. The Morgan fingerprint density at radius 3 is 2.52 bits per heavy atom. The van der Waals surface area contributed by atoms with Crippen molar-refractivity contribution < 1.29 is 13.3 Å². The maximum absolute atomic E-state index is 12.4. The van der Waals surface area contributed by atoms with E-state index >= 15 is 0 Å². The second kappa shape index (κ2) is 5.90. The second-order valence-corrected chi connectivity index (χ2v) is 8.12. The fourth-order valence-corrected chi connectivity index (χ4v) is 5.31. The fourth-order valence-electron chi connectivity index (χ4n) is 2.38. The topological polar surface area (TPSA) is 101 Å². The van der Waals surface area contributed by atoms with Crippen LogP contribution in [0.5, 0.6) is 0 Å². The Kier molecular flexibility index (Phi) is 4.54. The van der Waals surface area contributed by atoms with E-state index in [1.807, 2.05) is 6.92 Å². The van der Waals surface area contributed by atoms with Crippen molar-refractivity contribution in [2.45, 2.75) is 49.3 Å². The standard InChI is InChI=1S/C12H19N3O4S2/c1-3-12(6-5-7-12)14-21(18,19)10-8-9(15(16)17)11(20-10)13-4-2/h8,13-14H,3-7H2,1-2H3. The summed E-state index contributed by atoms with van der Waals surface area (Å²) in [6.45, 7) is 4.24. The maximum Gasteiger partial charge on any atom is 0.304 e. The molecule has 0 saturated heterocycles. The lowest BCUT2D eigenvalue weighted by Gasteiger charge is -2.41. The van der Waals surface area contributed by atoms with Gasteiger partial charge in [0.25, 0.3) is 10.0 Å². The largest absolute Gasteiger partial charge is 0.372 e. The summed E-state index contributed by atoms with van der Waals surface area (Å²) in [5, 5.41) is 14.1. The minimum Gasteiger partial charge on any atom is -0.372 e. The van der Waals surface area contributed by atoms with Crippen molar-refractivity contribution in [2.75, 3.05) is 11.9 Å². The number of nitrogens with one attached hydrogen (secondary N) is 2. The zero-order valence-electron chi connectivity index (χ0n) is 12.0. The third-order valence-corrected chi connectivity index (χ3v) is 6.96. The molecule has 0 amide bonds. The highest BCUT2D eigenvalue weighted by Gasteiger charge is 2.40. The van der Waals surface area contributed by atoms with Gasteiger partial charge in [0, 0.05) is 18.2 Å². The molecule has 7 nitrogen and oxygen atoms in total. The van der Waals surface area contributed by atoms with Crippen molar-refractivity contribution in [3.63, 3.8) is 0 Å². The minimum atomic E-state index is -3.72. The number of hydrogen-bond donors (Lipinski definition) is 2. The Hall–Kier alpha value is -1.19. The Labute approximate surface area is 127 Å². The molecule has 1 aliphatic carbocycles. The van der Waals surface area contributed by atoms with Gasteiger partial charge >= 0.3 is 5.69 Å². The number of hydrogen-bond acceptors (Lipinski definition) is 6. The molecule has 0 radical (unpaired) electrons. The lowest BCUT2D eigenvalue weighted by Crippen LogP contribution is -2.52. The van der Waals surface area contributed by atoms with Crippen molar-refractivity contribution in [1.29, 1.82) is 0 Å². The summed E-state index contributed by atoms with van der Waals surface area (Å²) in [7, 11) is -3.72. The highest BCUT2D eigenvalue weighted by molar-refractivity contribution is 7.91. The lowest BCUT2D eigenvalue weighted by molar-refractivity contribution is -0.383. The number of sulfonamides is 1. The molecule has 1 fully saturated rings. The summed E-state index contributed by atoms with van der Waals surface area (Å²) < 4.78 is 27.6. The van der Waals surface area contributed by atoms with Crippen molar-refractivity contribution in [3.8, 4) is 0 Å². The summed E-state index contributed by atoms with van der Waals surface area (Å²) in [5.41, 5.74) is -0.572. The summed E-state index contributed by atoms with van der Waals surface area (Å²) >= 11 is 0.902. The first-order valence-electron chi connectivity index (χ1n) is 6.89. The SMILES string of the molecule is CCNc1sc(S(=O)(=O)NC2(CC)CCC2)cc1[N+](=O)[O-]. The molecule has 2 N–H and O–H groups in total. The van der Waals surface area contributed by atoms with E-state index in [0.29, 0.717) is 6.54 Å². The molecule has 118 valence electrons. The van der Waals surface area contributed by atoms with Gasteiger partial charge in [-0.2, -0.15) is 0 Å². The molecule has 0 aliphatic heterocycles. The van der Waals surface area contributed by atoms with Gasteiger partial charge in [0.05, 0.1) is 4.92 Å². The van der Waals surface area contributed by atoms with Crippen LogP contribution in [0.3, 0.4) is 0 Å². The number of thiophene rings is 1. The van der Waals surface area contributed by atoms with Gasteiger partial charge in [-0.25, -0.2) is 13.1 Å². The summed E-state index contributed by atoms with van der Waals surface area (Å²) in [5.74, 6) is 0. The third-order valence-electron chi connectivity index (χ3n) is 3.83. The number of nitrogens with zero attached hydrogens (tertiary/aromatic N) is 1. The quantitative estimate of drug-likeness (QED) is 0.590. The average molecular weight is 333 g/mol. The number of nitro groups is 1. The lowest BCUT2D eigenvalue weighted by atomic mass is 9.76. The molecule has 0 unspecified atom stereocenters. The van der Waals surface area contributed by atoms with E-state index in [2.05, 4.69) is 10.0 Å². The van der Waals surface area contributed by atoms with Crippen molar-refractivity contribution in [2.24, 2.45) is 0 Å².